The topological polar surface area (TPSA) is 71.5 Å². The molecule has 0 saturated heterocycles. The van der Waals surface area contributed by atoms with E-state index in [4.69, 9.17) is 21.1 Å². The first-order valence-corrected chi connectivity index (χ1v) is 8.11. The van der Waals surface area contributed by atoms with Crippen LogP contribution in [-0.2, 0) is 6.61 Å². The van der Waals surface area contributed by atoms with E-state index in [1.807, 2.05) is 0 Å². The molecular weight excluding hydrogens is 361 g/mol. The van der Waals surface area contributed by atoms with Gasteiger partial charge in [-0.1, -0.05) is 11.6 Å². The zero-order valence-corrected chi connectivity index (χ0v) is 14.4. The fourth-order valence-corrected chi connectivity index (χ4v) is 3.41. The van der Waals surface area contributed by atoms with Gasteiger partial charge in [-0.15, -0.1) is 0 Å². The predicted octanol–water partition coefficient (Wildman–Crippen LogP) is 4.74. The number of aromatic nitrogens is 1. The lowest BCUT2D eigenvalue weighted by molar-refractivity contribution is 0.0692. The number of fused-ring (bicyclic) bond motifs is 3. The number of nitrogens with one attached hydrogen (secondary N) is 1. The maximum absolute atomic E-state index is 13.5. The summed E-state index contributed by atoms with van der Waals surface area (Å²) in [5, 5.41) is 10.1. The number of aromatic carboxylic acids is 1. The lowest BCUT2D eigenvalue weighted by atomic mass is 9.96. The maximum Gasteiger partial charge on any atom is 0.352 e. The van der Waals surface area contributed by atoms with Crippen molar-refractivity contribution in [3.8, 4) is 33.9 Å². The molecule has 0 spiro atoms. The summed E-state index contributed by atoms with van der Waals surface area (Å²) in [6.45, 7) is 0.111. The van der Waals surface area contributed by atoms with Gasteiger partial charge in [0.1, 0.15) is 29.6 Å². The van der Waals surface area contributed by atoms with E-state index < -0.39 is 11.8 Å². The summed E-state index contributed by atoms with van der Waals surface area (Å²) in [7, 11) is 1.51. The number of ether oxygens (including phenoxy) is 2. The summed E-state index contributed by atoms with van der Waals surface area (Å²) in [5.74, 6) is -0.655. The molecule has 0 saturated carbocycles. The second kappa shape index (κ2) is 6.07. The molecule has 2 aromatic carbocycles. The van der Waals surface area contributed by atoms with Crippen LogP contribution in [0.1, 0.15) is 16.1 Å². The van der Waals surface area contributed by atoms with Gasteiger partial charge in [-0.05, 0) is 35.9 Å². The van der Waals surface area contributed by atoms with Crippen molar-refractivity contribution in [2.24, 2.45) is 0 Å². The molecule has 0 amide bonds. The lowest BCUT2D eigenvalue weighted by Crippen LogP contribution is -2.05. The largest absolute Gasteiger partial charge is 0.497 e. The van der Waals surface area contributed by atoms with Gasteiger partial charge in [-0.2, -0.15) is 0 Å². The van der Waals surface area contributed by atoms with Crippen LogP contribution < -0.4 is 9.47 Å². The zero-order chi connectivity index (χ0) is 18.4. The fourth-order valence-electron chi connectivity index (χ4n) is 3.19. The molecule has 3 aromatic rings. The molecule has 132 valence electrons. The highest BCUT2D eigenvalue weighted by molar-refractivity contribution is 6.31. The molecule has 0 bridgehead atoms. The van der Waals surface area contributed by atoms with Crippen LogP contribution in [0.3, 0.4) is 0 Å². The van der Waals surface area contributed by atoms with Crippen LogP contribution in [0.4, 0.5) is 4.39 Å². The number of rotatable bonds is 3. The van der Waals surface area contributed by atoms with Gasteiger partial charge in [0.05, 0.1) is 12.8 Å². The number of methoxy groups -OCH3 is 1. The maximum atomic E-state index is 13.5. The van der Waals surface area contributed by atoms with Crippen molar-refractivity contribution < 1.29 is 23.8 Å². The predicted molar refractivity (Wildman–Crippen MR) is 94.5 cm³/mol. The number of carbonyl (C=O) groups is 1. The Labute approximate surface area is 152 Å². The molecule has 7 heteroatoms. The van der Waals surface area contributed by atoms with Crippen LogP contribution in [0, 0.1) is 5.82 Å². The molecule has 0 atom stereocenters. The first kappa shape index (κ1) is 16.5. The number of carboxylic acids is 1. The van der Waals surface area contributed by atoms with Crippen LogP contribution in [0.5, 0.6) is 11.5 Å². The first-order valence-electron chi connectivity index (χ1n) is 7.73. The van der Waals surface area contributed by atoms with Crippen molar-refractivity contribution in [3.05, 3.63) is 58.5 Å². The molecule has 1 aliphatic rings. The van der Waals surface area contributed by atoms with Gasteiger partial charge in [0.25, 0.3) is 0 Å². The third-order valence-corrected chi connectivity index (χ3v) is 4.52. The molecule has 2 N–H and O–H groups in total. The van der Waals surface area contributed by atoms with Crippen molar-refractivity contribution in [2.75, 3.05) is 7.11 Å². The molecule has 26 heavy (non-hydrogen) atoms. The Bertz CT molecular complexity index is 1040. The van der Waals surface area contributed by atoms with Crippen molar-refractivity contribution >= 4 is 17.6 Å². The first-order chi connectivity index (χ1) is 12.5. The standard InChI is InChI=1S/C19H13ClFNO4/c1-25-12-5-9(4-10(20)6-12)16-14-8-26-15-7-11(21)2-3-13(15)17(14)22-18(16)19(23)24/h2-7,22H,8H2,1H3,(H,23,24). The third-order valence-electron chi connectivity index (χ3n) is 4.30. The Morgan fingerprint density at radius 2 is 2.12 bits per heavy atom. The Morgan fingerprint density at radius 3 is 2.85 bits per heavy atom. The van der Waals surface area contributed by atoms with E-state index >= 15 is 0 Å². The number of aromatic amines is 1. The molecule has 0 unspecified atom stereocenters. The number of benzene rings is 2. The van der Waals surface area contributed by atoms with E-state index in [0.29, 0.717) is 44.5 Å². The second-order valence-corrected chi connectivity index (χ2v) is 6.28. The quantitative estimate of drug-likeness (QED) is 0.695. The monoisotopic (exact) mass is 373 g/mol. The molecule has 1 aromatic heterocycles. The fraction of sp³-hybridized carbons (Fsp3) is 0.105. The second-order valence-electron chi connectivity index (χ2n) is 5.84. The minimum atomic E-state index is -1.11. The van der Waals surface area contributed by atoms with Gasteiger partial charge in [0.2, 0.25) is 0 Å². The SMILES string of the molecule is COc1cc(Cl)cc(-c2c(C(=O)O)[nH]c3c2COc2cc(F)ccc2-3)c1. The zero-order valence-electron chi connectivity index (χ0n) is 13.6. The van der Waals surface area contributed by atoms with Gasteiger partial charge in [0.15, 0.2) is 0 Å². The highest BCUT2D eigenvalue weighted by Gasteiger charge is 2.29. The van der Waals surface area contributed by atoms with E-state index in [1.165, 1.54) is 19.2 Å². The number of carboxylic acid groups (broad SMARTS) is 1. The number of halogens is 2. The van der Waals surface area contributed by atoms with Gasteiger partial charge < -0.3 is 19.6 Å². The van der Waals surface area contributed by atoms with Gasteiger partial charge in [-0.3, -0.25) is 0 Å². The highest BCUT2D eigenvalue weighted by atomic mass is 35.5. The summed E-state index contributed by atoms with van der Waals surface area (Å²) in [4.78, 5) is 14.8. The molecule has 2 heterocycles. The van der Waals surface area contributed by atoms with Gasteiger partial charge in [0, 0.05) is 27.8 Å². The number of hydrogen-bond donors (Lipinski definition) is 2. The molecule has 0 radical (unpaired) electrons. The van der Waals surface area contributed by atoms with E-state index in [1.54, 1.807) is 24.3 Å². The Hall–Kier alpha value is -2.99. The van der Waals surface area contributed by atoms with E-state index in [-0.39, 0.29) is 12.3 Å². The summed E-state index contributed by atoms with van der Waals surface area (Å²) in [6.07, 6.45) is 0. The van der Waals surface area contributed by atoms with Crippen molar-refractivity contribution in [1.82, 2.24) is 4.98 Å². The average molecular weight is 374 g/mol. The van der Waals surface area contributed by atoms with E-state index in [2.05, 4.69) is 4.98 Å². The minimum absolute atomic E-state index is 0.0140. The van der Waals surface area contributed by atoms with Crippen LogP contribution in [0.15, 0.2) is 36.4 Å². The van der Waals surface area contributed by atoms with Gasteiger partial charge >= 0.3 is 5.97 Å². The molecule has 0 fully saturated rings. The smallest absolute Gasteiger partial charge is 0.352 e. The average Bonchev–Trinajstić information content (AvgIpc) is 3.01. The summed E-state index contributed by atoms with van der Waals surface area (Å²) in [5.41, 5.74) is 2.96. The van der Waals surface area contributed by atoms with Crippen molar-refractivity contribution in [1.29, 1.82) is 0 Å². The van der Waals surface area contributed by atoms with Gasteiger partial charge in [-0.25, -0.2) is 9.18 Å². The molecular formula is C19H13ClFNO4. The molecule has 4 rings (SSSR count). The van der Waals surface area contributed by atoms with Crippen LogP contribution in [0.2, 0.25) is 5.02 Å². The minimum Gasteiger partial charge on any atom is -0.497 e. The Morgan fingerprint density at radius 1 is 1.31 bits per heavy atom. The van der Waals surface area contributed by atoms with Crippen LogP contribution in [-0.4, -0.2) is 23.2 Å². The lowest BCUT2D eigenvalue weighted by Gasteiger charge is -2.19. The molecule has 1 aliphatic heterocycles. The summed E-state index contributed by atoms with van der Waals surface area (Å²) >= 11 is 6.15. The Kier molecular flexibility index (Phi) is 3.85. The molecule has 5 nitrogen and oxygen atoms in total. The van der Waals surface area contributed by atoms with Crippen LogP contribution >= 0.6 is 11.6 Å². The van der Waals surface area contributed by atoms with Crippen LogP contribution in [0.25, 0.3) is 22.4 Å². The normalized spacial score (nSPS) is 12.1. The van der Waals surface area contributed by atoms with Crippen molar-refractivity contribution in [3.63, 3.8) is 0 Å². The van der Waals surface area contributed by atoms with E-state index in [9.17, 15) is 14.3 Å². The third kappa shape index (κ3) is 2.59. The van der Waals surface area contributed by atoms with Crippen molar-refractivity contribution in [2.45, 2.75) is 6.61 Å². The van der Waals surface area contributed by atoms with E-state index in [0.717, 1.165) is 0 Å². The molecule has 0 aliphatic carbocycles. The summed E-state index contributed by atoms with van der Waals surface area (Å²) in [6, 6.07) is 9.16. The highest BCUT2D eigenvalue weighted by Crippen LogP contribution is 2.44. The Balaban J connectivity index is 1.99. The number of hydrogen-bond acceptors (Lipinski definition) is 3. The summed E-state index contributed by atoms with van der Waals surface area (Å²) < 4.78 is 24.4. The number of H-pyrrole nitrogens is 1.